The average Bonchev–Trinajstić information content (AvgIpc) is 2.77. The number of pyridine rings is 1. The van der Waals surface area contributed by atoms with Crippen LogP contribution >= 0.6 is 0 Å². The summed E-state index contributed by atoms with van der Waals surface area (Å²) in [5.74, 6) is -0.0844. The fraction of sp³-hybridized carbons (Fsp3) is 0.267. The molecule has 2 nitrogen and oxygen atoms in total. The van der Waals surface area contributed by atoms with E-state index in [4.69, 9.17) is 0 Å². The normalized spacial score (nSPS) is 17.6. The second kappa shape index (κ2) is 4.41. The van der Waals surface area contributed by atoms with E-state index in [2.05, 4.69) is 10.3 Å². The predicted octanol–water partition coefficient (Wildman–Crippen LogP) is 3.63. The molecule has 1 aromatic heterocycles. The summed E-state index contributed by atoms with van der Waals surface area (Å²) in [5, 5.41) is 3.42. The Morgan fingerprint density at radius 1 is 1.28 bits per heavy atom. The summed E-state index contributed by atoms with van der Waals surface area (Å²) in [4.78, 5) is 4.26. The molecule has 92 valence electrons. The van der Waals surface area contributed by atoms with Crippen molar-refractivity contribution in [1.82, 2.24) is 4.98 Å². The van der Waals surface area contributed by atoms with E-state index in [-0.39, 0.29) is 11.9 Å². The van der Waals surface area contributed by atoms with Gasteiger partial charge in [-0.05, 0) is 49.1 Å². The summed E-state index contributed by atoms with van der Waals surface area (Å²) in [6, 6.07) is 9.50. The molecular formula is C15H15FN2. The summed E-state index contributed by atoms with van der Waals surface area (Å²) in [6.45, 7) is 1.96. The largest absolute Gasteiger partial charge is 0.377 e. The standard InChI is InChI=1S/C15H15FN2/c1-10-5-6-11(9-17-10)18-15-8-7-12-13(15)3-2-4-14(12)16/h2-6,9,15,18H,7-8H2,1H3. The molecule has 0 saturated heterocycles. The lowest BCUT2D eigenvalue weighted by Crippen LogP contribution is -2.07. The maximum absolute atomic E-state index is 13.6. The van der Waals surface area contributed by atoms with Gasteiger partial charge < -0.3 is 5.32 Å². The Balaban J connectivity index is 1.85. The molecule has 0 aliphatic heterocycles. The van der Waals surface area contributed by atoms with Gasteiger partial charge in [0.25, 0.3) is 0 Å². The van der Waals surface area contributed by atoms with Gasteiger partial charge in [0.15, 0.2) is 0 Å². The number of hydrogen-bond acceptors (Lipinski definition) is 2. The number of hydrogen-bond donors (Lipinski definition) is 1. The molecule has 1 unspecified atom stereocenters. The molecule has 1 aromatic carbocycles. The summed E-state index contributed by atoms with van der Waals surface area (Å²) in [5.41, 5.74) is 3.92. The first-order chi connectivity index (χ1) is 8.74. The predicted molar refractivity (Wildman–Crippen MR) is 70.1 cm³/mol. The van der Waals surface area contributed by atoms with Crippen molar-refractivity contribution in [3.63, 3.8) is 0 Å². The third-order valence-electron chi connectivity index (χ3n) is 3.47. The highest BCUT2D eigenvalue weighted by molar-refractivity contribution is 5.47. The molecule has 0 radical (unpaired) electrons. The fourth-order valence-electron chi connectivity index (χ4n) is 2.51. The summed E-state index contributed by atoms with van der Waals surface area (Å²) >= 11 is 0. The lowest BCUT2D eigenvalue weighted by atomic mass is 10.1. The average molecular weight is 242 g/mol. The molecule has 3 heteroatoms. The van der Waals surface area contributed by atoms with E-state index in [1.165, 1.54) is 6.07 Å². The lowest BCUT2D eigenvalue weighted by Gasteiger charge is -2.15. The minimum Gasteiger partial charge on any atom is -0.377 e. The summed E-state index contributed by atoms with van der Waals surface area (Å²) < 4.78 is 13.6. The Kier molecular flexibility index (Phi) is 2.74. The van der Waals surface area contributed by atoms with Crippen molar-refractivity contribution in [1.29, 1.82) is 0 Å². The quantitative estimate of drug-likeness (QED) is 0.869. The van der Waals surface area contributed by atoms with Crippen molar-refractivity contribution in [2.24, 2.45) is 0 Å². The monoisotopic (exact) mass is 242 g/mol. The van der Waals surface area contributed by atoms with Gasteiger partial charge in [-0.1, -0.05) is 12.1 Å². The smallest absolute Gasteiger partial charge is 0.126 e. The first-order valence-electron chi connectivity index (χ1n) is 6.20. The zero-order valence-corrected chi connectivity index (χ0v) is 10.3. The molecule has 1 aliphatic rings. The van der Waals surface area contributed by atoms with Gasteiger partial charge in [-0.25, -0.2) is 4.39 Å². The van der Waals surface area contributed by atoms with Crippen LogP contribution in [-0.4, -0.2) is 4.98 Å². The Labute approximate surface area is 106 Å². The highest BCUT2D eigenvalue weighted by Crippen LogP contribution is 2.34. The van der Waals surface area contributed by atoms with Gasteiger partial charge >= 0.3 is 0 Å². The molecule has 0 spiro atoms. The molecule has 1 heterocycles. The molecule has 0 saturated carbocycles. The molecule has 0 fully saturated rings. The van der Waals surface area contributed by atoms with E-state index >= 15 is 0 Å². The number of anilines is 1. The van der Waals surface area contributed by atoms with Crippen LogP contribution in [0.15, 0.2) is 36.5 Å². The van der Waals surface area contributed by atoms with Gasteiger partial charge in [0.05, 0.1) is 17.9 Å². The van der Waals surface area contributed by atoms with E-state index in [0.29, 0.717) is 0 Å². The molecule has 18 heavy (non-hydrogen) atoms. The van der Waals surface area contributed by atoms with Gasteiger partial charge in [-0.15, -0.1) is 0 Å². The van der Waals surface area contributed by atoms with E-state index in [9.17, 15) is 4.39 Å². The van der Waals surface area contributed by atoms with E-state index in [1.54, 1.807) is 6.07 Å². The van der Waals surface area contributed by atoms with Crippen LogP contribution in [0.3, 0.4) is 0 Å². The second-order valence-electron chi connectivity index (χ2n) is 4.73. The van der Waals surface area contributed by atoms with Crippen LogP contribution in [0, 0.1) is 12.7 Å². The lowest BCUT2D eigenvalue weighted by molar-refractivity contribution is 0.612. The Bertz CT molecular complexity index is 563. The number of nitrogens with zero attached hydrogens (tertiary/aromatic N) is 1. The number of nitrogens with one attached hydrogen (secondary N) is 1. The third kappa shape index (κ3) is 1.96. The topological polar surface area (TPSA) is 24.9 Å². The molecule has 0 amide bonds. The maximum Gasteiger partial charge on any atom is 0.126 e. The van der Waals surface area contributed by atoms with Crippen LogP contribution in [-0.2, 0) is 6.42 Å². The summed E-state index contributed by atoms with van der Waals surface area (Å²) in [7, 11) is 0. The van der Waals surface area contributed by atoms with Crippen LogP contribution < -0.4 is 5.32 Å². The van der Waals surface area contributed by atoms with Crippen molar-refractivity contribution in [2.45, 2.75) is 25.8 Å². The molecule has 1 atom stereocenters. The first-order valence-corrected chi connectivity index (χ1v) is 6.20. The van der Waals surface area contributed by atoms with Crippen molar-refractivity contribution in [3.05, 3.63) is 59.2 Å². The third-order valence-corrected chi connectivity index (χ3v) is 3.47. The number of aromatic nitrogens is 1. The molecule has 2 aromatic rings. The van der Waals surface area contributed by atoms with Crippen molar-refractivity contribution >= 4 is 5.69 Å². The second-order valence-corrected chi connectivity index (χ2v) is 4.73. The van der Waals surface area contributed by atoms with Crippen LogP contribution in [0.2, 0.25) is 0 Å². The van der Waals surface area contributed by atoms with Crippen molar-refractivity contribution in [3.8, 4) is 0 Å². The van der Waals surface area contributed by atoms with Crippen LogP contribution in [0.4, 0.5) is 10.1 Å². The SMILES string of the molecule is Cc1ccc(NC2CCc3c(F)cccc32)cn1. The molecule has 1 N–H and O–H groups in total. The zero-order chi connectivity index (χ0) is 12.5. The number of fused-ring (bicyclic) bond motifs is 1. The molecule has 0 bridgehead atoms. The van der Waals surface area contributed by atoms with Crippen LogP contribution in [0.25, 0.3) is 0 Å². The highest BCUT2D eigenvalue weighted by Gasteiger charge is 2.24. The minimum absolute atomic E-state index is 0.0844. The van der Waals surface area contributed by atoms with Gasteiger partial charge in [-0.2, -0.15) is 0 Å². The number of halogens is 1. The Morgan fingerprint density at radius 3 is 2.94 bits per heavy atom. The van der Waals surface area contributed by atoms with E-state index in [0.717, 1.165) is 35.3 Å². The number of benzene rings is 1. The summed E-state index contributed by atoms with van der Waals surface area (Å²) in [6.07, 6.45) is 3.57. The van der Waals surface area contributed by atoms with Gasteiger partial charge in [0.2, 0.25) is 0 Å². The van der Waals surface area contributed by atoms with Crippen LogP contribution in [0.5, 0.6) is 0 Å². The minimum atomic E-state index is -0.0844. The van der Waals surface area contributed by atoms with Gasteiger partial charge in [0, 0.05) is 5.69 Å². The van der Waals surface area contributed by atoms with E-state index in [1.807, 2.05) is 31.3 Å². The molecular weight excluding hydrogens is 227 g/mol. The van der Waals surface area contributed by atoms with Crippen LogP contribution in [0.1, 0.15) is 29.3 Å². The van der Waals surface area contributed by atoms with Crippen molar-refractivity contribution in [2.75, 3.05) is 5.32 Å². The Morgan fingerprint density at radius 2 is 2.17 bits per heavy atom. The first kappa shape index (κ1) is 11.2. The highest BCUT2D eigenvalue weighted by atomic mass is 19.1. The zero-order valence-electron chi connectivity index (χ0n) is 10.3. The fourth-order valence-corrected chi connectivity index (χ4v) is 2.51. The van der Waals surface area contributed by atoms with Gasteiger partial charge in [-0.3, -0.25) is 4.98 Å². The molecule has 1 aliphatic carbocycles. The maximum atomic E-state index is 13.6. The number of rotatable bonds is 2. The molecule has 3 rings (SSSR count). The number of aryl methyl sites for hydroxylation is 1. The van der Waals surface area contributed by atoms with E-state index < -0.39 is 0 Å². The van der Waals surface area contributed by atoms with Gasteiger partial charge in [0.1, 0.15) is 5.82 Å². The Hall–Kier alpha value is -1.90. The van der Waals surface area contributed by atoms with Crippen molar-refractivity contribution < 1.29 is 4.39 Å².